The van der Waals surface area contributed by atoms with E-state index in [1.165, 1.54) is 4.90 Å². The third-order valence-corrected chi connectivity index (χ3v) is 15.2. The Hall–Kier alpha value is -7.29. The third-order valence-electron chi connectivity index (χ3n) is 14.2. The van der Waals surface area contributed by atoms with Gasteiger partial charge in [-0.1, -0.05) is 45.0 Å². The molecule has 0 radical (unpaired) electrons. The summed E-state index contributed by atoms with van der Waals surface area (Å²) in [6.45, 7) is 19.5. The number of likely N-dealkylation sites (tertiary alicyclic amines) is 1. The van der Waals surface area contributed by atoms with E-state index >= 15 is 0 Å². The summed E-state index contributed by atoms with van der Waals surface area (Å²) in [6, 6.07) is 15.7. The number of hydrogen-bond acceptors (Lipinski definition) is 13. The van der Waals surface area contributed by atoms with Crippen LogP contribution in [0.15, 0.2) is 77.3 Å². The molecule has 0 bridgehead atoms. The van der Waals surface area contributed by atoms with Gasteiger partial charge in [-0.2, -0.15) is 5.10 Å². The zero-order valence-corrected chi connectivity index (χ0v) is 45.5. The minimum absolute atomic E-state index is 0.0398. The lowest BCUT2D eigenvalue weighted by Crippen LogP contribution is -2.57. The van der Waals surface area contributed by atoms with E-state index in [1.54, 1.807) is 17.5 Å². The number of amides is 5. The van der Waals surface area contributed by atoms with E-state index < -0.39 is 35.4 Å². The number of piperazine rings is 1. The number of hydrogen-bond donors (Lipinski definition) is 6. The van der Waals surface area contributed by atoms with E-state index in [0.717, 1.165) is 81.6 Å². The van der Waals surface area contributed by atoms with Crippen LogP contribution in [0.4, 0.5) is 5.82 Å². The van der Waals surface area contributed by atoms with Crippen molar-refractivity contribution >= 4 is 57.6 Å². The van der Waals surface area contributed by atoms with Crippen molar-refractivity contribution < 1.29 is 29.1 Å². The van der Waals surface area contributed by atoms with Gasteiger partial charge in [-0.05, 0) is 92.6 Å². The van der Waals surface area contributed by atoms with E-state index in [0.29, 0.717) is 29.6 Å². The summed E-state index contributed by atoms with van der Waals surface area (Å²) >= 11 is 1.57. The summed E-state index contributed by atoms with van der Waals surface area (Å²) in [5.74, 6) is -1.08. The van der Waals surface area contributed by atoms with Crippen LogP contribution in [0.3, 0.4) is 0 Å². The maximum atomic E-state index is 14.1. The zero-order chi connectivity index (χ0) is 54.4. The van der Waals surface area contributed by atoms with Crippen molar-refractivity contribution in [1.29, 1.82) is 0 Å². The molecule has 0 aliphatic carbocycles. The molecule has 8 rings (SSSR count). The second-order valence-electron chi connectivity index (χ2n) is 21.3. The summed E-state index contributed by atoms with van der Waals surface area (Å²) in [4.78, 5) is 99.2. The Kier molecular flexibility index (Phi) is 17.2. The molecular formula is C56H70N12O7S. The number of H-pyrrole nitrogens is 1. The van der Waals surface area contributed by atoms with Crippen LogP contribution >= 0.6 is 11.3 Å². The molecule has 6 N–H and O–H groups in total. The molecule has 2 saturated heterocycles. The number of anilines is 1. The van der Waals surface area contributed by atoms with Crippen molar-refractivity contribution in [3.63, 3.8) is 0 Å². The van der Waals surface area contributed by atoms with Crippen LogP contribution in [-0.4, -0.2) is 133 Å². The number of nitrogens with zero attached hydrogens (tertiary/aromatic N) is 7. The number of aryl methyl sites for hydroxylation is 3. The molecule has 2 fully saturated rings. The summed E-state index contributed by atoms with van der Waals surface area (Å²) in [5.41, 5.74) is 8.72. The summed E-state index contributed by atoms with van der Waals surface area (Å²) in [5, 5.41) is 27.6. The second kappa shape index (κ2) is 23.7. The normalized spacial score (nSPS) is 16.5. The zero-order valence-electron chi connectivity index (χ0n) is 44.7. The fraction of sp³-hybridized carbons (Fsp3) is 0.446. The van der Waals surface area contributed by atoms with Crippen LogP contribution in [0, 0.1) is 26.2 Å². The van der Waals surface area contributed by atoms with Gasteiger partial charge in [-0.25, -0.2) is 9.97 Å². The van der Waals surface area contributed by atoms with E-state index in [1.807, 2.05) is 126 Å². The number of aromatic amines is 1. The molecule has 0 unspecified atom stereocenters. The Labute approximate surface area is 446 Å². The molecule has 6 heterocycles. The summed E-state index contributed by atoms with van der Waals surface area (Å²) in [7, 11) is 0. The number of nitrogens with one attached hydrogen (secondary N) is 5. The Bertz CT molecular complexity index is 3130. The lowest BCUT2D eigenvalue weighted by atomic mass is 9.85. The first-order valence-electron chi connectivity index (χ1n) is 26.0. The smallest absolute Gasteiger partial charge is 0.253 e. The molecular weight excluding hydrogens is 985 g/mol. The van der Waals surface area contributed by atoms with Crippen molar-refractivity contribution in [2.45, 2.75) is 112 Å². The minimum Gasteiger partial charge on any atom is -0.391 e. The number of fused-ring (bicyclic) bond motifs is 1. The third kappa shape index (κ3) is 13.0. The van der Waals surface area contributed by atoms with E-state index in [-0.39, 0.29) is 68.2 Å². The highest BCUT2D eigenvalue weighted by Gasteiger charge is 2.44. The van der Waals surface area contributed by atoms with Crippen molar-refractivity contribution in [2.24, 2.45) is 5.41 Å². The van der Waals surface area contributed by atoms with Crippen molar-refractivity contribution in [3.05, 3.63) is 116 Å². The minimum atomic E-state index is -1.00. The number of β-amino-alcohol motifs (C(OH)–C–C–N with tert-alkyl or cyclic N) is 1. The number of thiazole rings is 1. The average Bonchev–Trinajstić information content (AvgIpc) is 4.15. The predicted octanol–water partition coefficient (Wildman–Crippen LogP) is 5.17. The molecule has 0 spiro atoms. The first-order chi connectivity index (χ1) is 36.2. The van der Waals surface area contributed by atoms with Gasteiger partial charge >= 0.3 is 0 Å². The SMILES string of the molecule is Cc1cc(C)c(CNC(=O)c2cc(-c3ccc(N4CCN(CCNC(=O)CCC(=O)N[C@H](C(=O)N5C[C@H](O)C[C@H]5C(=O)NCc5ccc(-c6scnc6C)cc5)C(C)(C)C)CC4)nc3)cc3c2cnn3C(C)C)c(=O)[nH]1. The standard InChI is InChI=1S/C56H70N12O7S/c1-33(2)68-45-25-40(24-42(44(45)30-62-68)52(72)60-29-43-34(3)23-35(4)63-53(43)73)39-13-14-47(58-28-39)66-21-19-65(20-22-66)18-17-57-48(70)15-16-49(71)64-51(56(6,7)8)55(75)67-31-41(69)26-46(67)54(74)59-27-37-9-11-38(12-10-37)50-36(5)61-32-76-50/h9-14,23-25,28,30,32-33,41,46,51,69H,15-22,26-27,29,31H2,1-8H3,(H,57,70)(H,59,74)(H,60,72)(H,63,73)(H,64,71)/t41-,46+,51-/m1/s1. The molecule has 0 saturated carbocycles. The van der Waals surface area contributed by atoms with Crippen molar-refractivity contribution in [3.8, 4) is 21.6 Å². The molecule has 4 aromatic heterocycles. The fourth-order valence-electron chi connectivity index (χ4n) is 9.90. The quantitative estimate of drug-likeness (QED) is 0.0654. The predicted molar refractivity (Wildman–Crippen MR) is 294 cm³/mol. The van der Waals surface area contributed by atoms with Gasteiger partial charge in [0.15, 0.2) is 0 Å². The molecule has 6 aromatic rings. The lowest BCUT2D eigenvalue weighted by molar-refractivity contribution is -0.144. The number of carbonyl (C=O) groups is 5. The second-order valence-corrected chi connectivity index (χ2v) is 22.1. The van der Waals surface area contributed by atoms with Crippen LogP contribution in [0.5, 0.6) is 0 Å². The number of aliphatic hydroxyl groups is 1. The molecule has 76 heavy (non-hydrogen) atoms. The molecule has 19 nitrogen and oxygen atoms in total. The topological polar surface area (TPSA) is 240 Å². The molecule has 20 heteroatoms. The Morgan fingerprint density at radius 2 is 1.57 bits per heavy atom. The van der Waals surface area contributed by atoms with Crippen LogP contribution in [-0.2, 0) is 32.3 Å². The highest BCUT2D eigenvalue weighted by molar-refractivity contribution is 7.13. The van der Waals surface area contributed by atoms with Gasteiger partial charge in [0.2, 0.25) is 23.6 Å². The Morgan fingerprint density at radius 3 is 2.22 bits per heavy atom. The average molecular weight is 1060 g/mol. The molecule has 3 atom stereocenters. The van der Waals surface area contributed by atoms with Gasteiger partial charge in [0, 0.05) is 113 Å². The number of aliphatic hydroxyl groups excluding tert-OH is 1. The summed E-state index contributed by atoms with van der Waals surface area (Å²) < 4.78 is 1.89. The van der Waals surface area contributed by atoms with Crippen molar-refractivity contribution in [1.82, 2.24) is 55.8 Å². The molecule has 402 valence electrons. The highest BCUT2D eigenvalue weighted by Crippen LogP contribution is 2.32. The van der Waals surface area contributed by atoms with E-state index in [9.17, 15) is 33.9 Å². The number of pyridine rings is 2. The Morgan fingerprint density at radius 1 is 0.842 bits per heavy atom. The van der Waals surface area contributed by atoms with Gasteiger partial charge in [0.05, 0.1) is 39.5 Å². The number of benzene rings is 2. The van der Waals surface area contributed by atoms with Gasteiger partial charge in [-0.3, -0.25) is 38.3 Å². The van der Waals surface area contributed by atoms with Gasteiger partial charge in [0.25, 0.3) is 11.5 Å². The molecule has 5 amide bonds. The van der Waals surface area contributed by atoms with Gasteiger partial charge in [0.1, 0.15) is 17.9 Å². The molecule has 2 aromatic carbocycles. The highest BCUT2D eigenvalue weighted by atomic mass is 32.1. The Balaban J connectivity index is 0.782. The van der Waals surface area contributed by atoms with Crippen LogP contribution in [0.1, 0.15) is 98.4 Å². The van der Waals surface area contributed by atoms with Gasteiger partial charge < -0.3 is 41.2 Å². The van der Waals surface area contributed by atoms with Gasteiger partial charge in [-0.15, -0.1) is 11.3 Å². The maximum absolute atomic E-state index is 14.1. The maximum Gasteiger partial charge on any atom is 0.253 e. The van der Waals surface area contributed by atoms with Crippen LogP contribution in [0.2, 0.25) is 0 Å². The number of aromatic nitrogens is 5. The molecule has 2 aliphatic rings. The molecule has 2 aliphatic heterocycles. The van der Waals surface area contributed by atoms with Crippen LogP contribution in [0.25, 0.3) is 32.5 Å². The lowest BCUT2D eigenvalue weighted by Gasteiger charge is -2.35. The number of rotatable bonds is 18. The number of carbonyl (C=O) groups excluding carboxylic acids is 5. The summed E-state index contributed by atoms with van der Waals surface area (Å²) in [6.07, 6.45) is 2.51. The largest absolute Gasteiger partial charge is 0.391 e. The first-order valence-corrected chi connectivity index (χ1v) is 26.9. The monoisotopic (exact) mass is 1050 g/mol. The van der Waals surface area contributed by atoms with Crippen molar-refractivity contribution in [2.75, 3.05) is 50.7 Å². The van der Waals surface area contributed by atoms with E-state index in [4.69, 9.17) is 4.98 Å². The van der Waals surface area contributed by atoms with E-state index in [2.05, 4.69) is 46.1 Å². The fourth-order valence-corrected chi connectivity index (χ4v) is 10.7. The first kappa shape index (κ1) is 55.0. The van der Waals surface area contributed by atoms with Crippen LogP contribution < -0.4 is 31.7 Å².